The van der Waals surface area contributed by atoms with E-state index in [2.05, 4.69) is 0 Å². The van der Waals surface area contributed by atoms with Gasteiger partial charge in [0.15, 0.2) is 0 Å². The summed E-state index contributed by atoms with van der Waals surface area (Å²) in [6, 6.07) is -0.695. The van der Waals surface area contributed by atoms with Crippen LogP contribution in [-0.2, 0) is 9.59 Å². The Balaban J connectivity index is 3.52. The van der Waals surface area contributed by atoms with E-state index in [1.165, 1.54) is 0 Å². The first-order valence-electron chi connectivity index (χ1n) is 4.44. The molecule has 0 aliphatic carbocycles. The van der Waals surface area contributed by atoms with Crippen LogP contribution in [0.4, 0.5) is 0 Å². The summed E-state index contributed by atoms with van der Waals surface area (Å²) in [5, 5.41) is 18.1. The fraction of sp³-hybridized carbons (Fsp3) is 0.750. The van der Waals surface area contributed by atoms with Gasteiger partial charge in [-0.15, -0.1) is 0 Å². The number of carboxylic acid groups (broad SMARTS) is 2. The number of hydrogen-bond acceptors (Lipinski definition) is 4. The van der Waals surface area contributed by atoms with Crippen LogP contribution in [0.1, 0.15) is 12.8 Å². The molecule has 0 amide bonds. The van der Waals surface area contributed by atoms with Crippen LogP contribution in [0.2, 0.25) is 10.6 Å². The van der Waals surface area contributed by atoms with Crippen molar-refractivity contribution in [3.05, 3.63) is 0 Å². The van der Waals surface area contributed by atoms with Crippen LogP contribution in [0.15, 0.2) is 0 Å². The van der Waals surface area contributed by atoms with Crippen molar-refractivity contribution >= 4 is 26.9 Å². The van der Waals surface area contributed by atoms with E-state index in [1.807, 2.05) is 0 Å². The molecule has 2 atom stereocenters. The Bertz CT molecular complexity index is 203. The fourth-order valence-electron chi connectivity index (χ4n) is 0.937. The number of carbonyl (C=O) groups is 2. The quantitative estimate of drug-likeness (QED) is 0.429. The van der Waals surface area contributed by atoms with Crippen molar-refractivity contribution in [1.29, 1.82) is 0 Å². The van der Waals surface area contributed by atoms with Gasteiger partial charge in [0.25, 0.3) is 0 Å². The third-order valence-electron chi connectivity index (χ3n) is 1.54. The molecule has 0 aliphatic rings. The molecule has 0 heterocycles. The van der Waals surface area contributed by atoms with Gasteiger partial charge in [0.2, 0.25) is 0 Å². The Kier molecular flexibility index (Phi) is 7.33. The average molecular weight is 283 g/mol. The van der Waals surface area contributed by atoms with Crippen LogP contribution < -0.4 is 11.5 Å². The topological polar surface area (TPSA) is 127 Å². The molecule has 0 saturated carbocycles. The Labute approximate surface area is 94.2 Å². The Morgan fingerprint density at radius 1 is 1.00 bits per heavy atom. The first-order valence-corrected chi connectivity index (χ1v) is 6.86. The van der Waals surface area contributed by atoms with Crippen LogP contribution >= 0.6 is 0 Å². The third-order valence-corrected chi connectivity index (χ3v) is 4.32. The van der Waals surface area contributed by atoms with Gasteiger partial charge in [-0.2, -0.15) is 0 Å². The van der Waals surface area contributed by atoms with Crippen molar-refractivity contribution in [2.24, 2.45) is 11.5 Å². The third kappa shape index (κ3) is 9.68. The van der Waals surface area contributed by atoms with Gasteiger partial charge in [-0.05, 0) is 0 Å². The molecule has 15 heavy (non-hydrogen) atoms. The molecular weight excluding hydrogens is 267 g/mol. The average Bonchev–Trinajstić information content (AvgIpc) is 2.00. The molecule has 88 valence electrons. The Morgan fingerprint density at radius 2 is 1.33 bits per heavy atom. The minimum absolute atomic E-state index is 0.0457. The van der Waals surface area contributed by atoms with Crippen molar-refractivity contribution in [3.8, 4) is 0 Å². The number of hydrogen-bond donors (Lipinski definition) is 4. The zero-order valence-corrected chi connectivity index (χ0v) is 9.97. The van der Waals surface area contributed by atoms with E-state index in [-0.39, 0.29) is 39.9 Å². The summed E-state index contributed by atoms with van der Waals surface area (Å²) in [6.45, 7) is 0. The second-order valence-electron chi connectivity index (χ2n) is 3.25. The molecule has 0 bridgehead atoms. The normalized spacial score (nSPS) is 14.5. The fourth-order valence-corrected chi connectivity index (χ4v) is 2.99. The van der Waals surface area contributed by atoms with Crippen molar-refractivity contribution in [2.45, 2.75) is 35.6 Å². The standard InChI is InChI=1S/C8H16N2O4Se/c9-5(1-7(11)12)3-15-4-6(10)2-8(13)14/h5-6H,1-4,9-10H2,(H,11,12)(H,13,14). The molecule has 0 aliphatic heterocycles. The summed E-state index contributed by atoms with van der Waals surface area (Å²) >= 11 is 0.115. The van der Waals surface area contributed by atoms with Gasteiger partial charge in [0.1, 0.15) is 0 Å². The number of nitrogens with two attached hydrogens (primary N) is 2. The molecule has 0 spiro atoms. The van der Waals surface area contributed by atoms with Gasteiger partial charge in [0.05, 0.1) is 0 Å². The molecule has 0 radical (unpaired) electrons. The number of rotatable bonds is 8. The molecule has 0 aromatic carbocycles. The van der Waals surface area contributed by atoms with Crippen molar-refractivity contribution in [2.75, 3.05) is 0 Å². The van der Waals surface area contributed by atoms with E-state index in [9.17, 15) is 9.59 Å². The van der Waals surface area contributed by atoms with E-state index in [0.717, 1.165) is 0 Å². The van der Waals surface area contributed by atoms with E-state index < -0.39 is 11.9 Å². The molecule has 0 aromatic rings. The van der Waals surface area contributed by atoms with Gasteiger partial charge in [-0.25, -0.2) is 0 Å². The monoisotopic (exact) mass is 284 g/mol. The molecule has 6 nitrogen and oxygen atoms in total. The molecule has 0 rings (SSSR count). The molecular formula is C8H16N2O4Se. The van der Waals surface area contributed by atoms with E-state index in [4.69, 9.17) is 21.7 Å². The van der Waals surface area contributed by atoms with Gasteiger partial charge < -0.3 is 0 Å². The minimum atomic E-state index is -0.909. The predicted octanol–water partition coefficient (Wildman–Crippen LogP) is -0.869. The molecule has 0 fully saturated rings. The maximum atomic E-state index is 10.3. The predicted molar refractivity (Wildman–Crippen MR) is 55.8 cm³/mol. The van der Waals surface area contributed by atoms with Crippen LogP contribution in [-0.4, -0.2) is 49.2 Å². The molecule has 0 aromatic heterocycles. The van der Waals surface area contributed by atoms with Crippen molar-refractivity contribution < 1.29 is 19.8 Å². The molecule has 0 saturated heterocycles. The van der Waals surface area contributed by atoms with Crippen molar-refractivity contribution in [3.63, 3.8) is 0 Å². The molecule has 2 unspecified atom stereocenters. The van der Waals surface area contributed by atoms with Crippen LogP contribution in [0.5, 0.6) is 0 Å². The van der Waals surface area contributed by atoms with E-state index in [0.29, 0.717) is 10.6 Å². The molecule has 6 N–H and O–H groups in total. The summed E-state index contributed by atoms with van der Waals surface area (Å²) in [6.07, 6.45) is -0.0914. The van der Waals surface area contributed by atoms with Gasteiger partial charge >= 0.3 is 93.7 Å². The SMILES string of the molecule is NC(C[Se]CC(N)CC(=O)O)CC(=O)O. The van der Waals surface area contributed by atoms with E-state index >= 15 is 0 Å². The summed E-state index contributed by atoms with van der Waals surface area (Å²) in [4.78, 5) is 20.6. The number of aliphatic carboxylic acids is 2. The summed E-state index contributed by atoms with van der Waals surface area (Å²) in [5.41, 5.74) is 11.1. The van der Waals surface area contributed by atoms with Gasteiger partial charge in [-0.1, -0.05) is 0 Å². The Hall–Kier alpha value is -0.621. The van der Waals surface area contributed by atoms with Gasteiger partial charge in [-0.3, -0.25) is 0 Å². The van der Waals surface area contributed by atoms with Crippen LogP contribution in [0.3, 0.4) is 0 Å². The summed E-state index contributed by atoms with van der Waals surface area (Å²) < 4.78 is 0. The van der Waals surface area contributed by atoms with Crippen molar-refractivity contribution in [1.82, 2.24) is 0 Å². The Morgan fingerprint density at radius 3 is 1.60 bits per heavy atom. The van der Waals surface area contributed by atoms with Crippen LogP contribution in [0.25, 0.3) is 0 Å². The van der Waals surface area contributed by atoms with Crippen LogP contribution in [0, 0.1) is 0 Å². The van der Waals surface area contributed by atoms with E-state index in [1.54, 1.807) is 0 Å². The first kappa shape index (κ1) is 14.4. The summed E-state index contributed by atoms with van der Waals surface area (Å²) in [7, 11) is 0. The molecule has 7 heteroatoms. The zero-order valence-electron chi connectivity index (χ0n) is 8.26. The summed E-state index contributed by atoms with van der Waals surface area (Å²) in [5.74, 6) is -1.82. The zero-order chi connectivity index (χ0) is 11.8. The second kappa shape index (κ2) is 7.64. The van der Waals surface area contributed by atoms with Gasteiger partial charge in [0, 0.05) is 0 Å². The number of carboxylic acids is 2. The first-order chi connectivity index (χ1) is 6.91. The second-order valence-corrected chi connectivity index (χ2v) is 5.51. The maximum absolute atomic E-state index is 10.3.